The number of anilines is 1. The molecule has 0 amide bonds. The number of hydrogen-bond acceptors (Lipinski definition) is 4. The molecule has 21 heavy (non-hydrogen) atoms. The molecule has 3 atom stereocenters. The number of nitrogens with one attached hydrogen (secondary N) is 2. The Bertz CT molecular complexity index is 472. The van der Waals surface area contributed by atoms with Crippen LogP contribution in [0.3, 0.4) is 0 Å². The van der Waals surface area contributed by atoms with Crippen LogP contribution in [0.5, 0.6) is 11.5 Å². The number of ether oxygens (including phenoxy) is 1. The third kappa shape index (κ3) is 3.26. The zero-order chi connectivity index (χ0) is 14.7. The number of hydrogen-bond donors (Lipinski definition) is 3. The van der Waals surface area contributed by atoms with E-state index < -0.39 is 0 Å². The highest BCUT2D eigenvalue weighted by atomic mass is 16.5. The number of rotatable bonds is 4. The molecule has 0 radical (unpaired) electrons. The van der Waals surface area contributed by atoms with E-state index in [0.29, 0.717) is 23.8 Å². The smallest absolute Gasteiger partial charge is 0.160 e. The maximum absolute atomic E-state index is 9.92. The van der Waals surface area contributed by atoms with Crippen molar-refractivity contribution < 1.29 is 9.84 Å². The molecule has 1 aliphatic heterocycles. The van der Waals surface area contributed by atoms with E-state index in [9.17, 15) is 5.11 Å². The Labute approximate surface area is 126 Å². The standard InChI is InChI=1S/C17H26N2O2/c1-21-17-9-8-12(11-16(17)20)19-15-6-3-2-5-13(15)14-7-4-10-18-14/h8-9,11,13-15,18-20H,2-7,10H2,1H3. The van der Waals surface area contributed by atoms with Crippen molar-refractivity contribution in [1.29, 1.82) is 0 Å². The van der Waals surface area contributed by atoms with Crippen LogP contribution in [0.4, 0.5) is 5.69 Å². The number of aromatic hydroxyl groups is 1. The maximum Gasteiger partial charge on any atom is 0.160 e. The molecule has 3 unspecified atom stereocenters. The summed E-state index contributed by atoms with van der Waals surface area (Å²) in [6.07, 6.45) is 7.76. The summed E-state index contributed by atoms with van der Waals surface area (Å²) in [6.45, 7) is 1.16. The fourth-order valence-electron chi connectivity index (χ4n) is 3.89. The van der Waals surface area contributed by atoms with Crippen molar-refractivity contribution in [2.24, 2.45) is 5.92 Å². The van der Waals surface area contributed by atoms with E-state index in [1.807, 2.05) is 12.1 Å². The predicted octanol–water partition coefficient (Wildman–Crippen LogP) is 3.12. The number of phenolic OH excluding ortho intramolecular Hbond substituents is 1. The van der Waals surface area contributed by atoms with E-state index in [1.54, 1.807) is 13.2 Å². The molecule has 1 saturated carbocycles. The van der Waals surface area contributed by atoms with Crippen LogP contribution in [0.1, 0.15) is 38.5 Å². The van der Waals surface area contributed by atoms with Crippen LogP contribution in [0.15, 0.2) is 18.2 Å². The highest BCUT2D eigenvalue weighted by Gasteiger charge is 2.33. The first-order valence-corrected chi connectivity index (χ1v) is 8.15. The largest absolute Gasteiger partial charge is 0.504 e. The monoisotopic (exact) mass is 290 g/mol. The van der Waals surface area contributed by atoms with E-state index in [4.69, 9.17) is 4.74 Å². The first-order valence-electron chi connectivity index (χ1n) is 8.15. The average molecular weight is 290 g/mol. The van der Waals surface area contributed by atoms with Gasteiger partial charge >= 0.3 is 0 Å². The Morgan fingerprint density at radius 2 is 2.05 bits per heavy atom. The third-order valence-corrected chi connectivity index (χ3v) is 4.97. The van der Waals surface area contributed by atoms with Crippen LogP contribution in [-0.2, 0) is 0 Å². The van der Waals surface area contributed by atoms with Gasteiger partial charge in [0.1, 0.15) is 0 Å². The number of methoxy groups -OCH3 is 1. The molecule has 0 spiro atoms. The molecule has 1 heterocycles. The van der Waals surface area contributed by atoms with Gasteiger partial charge < -0.3 is 20.5 Å². The average Bonchev–Trinajstić information content (AvgIpc) is 3.02. The lowest BCUT2D eigenvalue weighted by molar-refractivity contribution is 0.262. The van der Waals surface area contributed by atoms with E-state index in [-0.39, 0.29) is 5.75 Å². The van der Waals surface area contributed by atoms with Crippen molar-refractivity contribution in [2.75, 3.05) is 19.0 Å². The van der Waals surface area contributed by atoms with Gasteiger partial charge in [0, 0.05) is 23.8 Å². The van der Waals surface area contributed by atoms with Gasteiger partial charge in [0.05, 0.1) is 7.11 Å². The van der Waals surface area contributed by atoms with Crippen LogP contribution in [0.25, 0.3) is 0 Å². The molecule has 3 N–H and O–H groups in total. The number of benzene rings is 1. The zero-order valence-electron chi connectivity index (χ0n) is 12.8. The van der Waals surface area contributed by atoms with Gasteiger partial charge in [-0.2, -0.15) is 0 Å². The van der Waals surface area contributed by atoms with Crippen LogP contribution >= 0.6 is 0 Å². The third-order valence-electron chi connectivity index (χ3n) is 4.97. The fraction of sp³-hybridized carbons (Fsp3) is 0.647. The summed E-state index contributed by atoms with van der Waals surface area (Å²) in [5.41, 5.74) is 0.989. The molecule has 4 nitrogen and oxygen atoms in total. The Morgan fingerprint density at radius 1 is 1.19 bits per heavy atom. The minimum Gasteiger partial charge on any atom is -0.504 e. The fourth-order valence-corrected chi connectivity index (χ4v) is 3.89. The van der Waals surface area contributed by atoms with Crippen molar-refractivity contribution in [1.82, 2.24) is 5.32 Å². The van der Waals surface area contributed by atoms with Gasteiger partial charge in [0.2, 0.25) is 0 Å². The van der Waals surface area contributed by atoms with E-state index >= 15 is 0 Å². The molecule has 0 aromatic heterocycles. The van der Waals surface area contributed by atoms with Crippen LogP contribution in [0.2, 0.25) is 0 Å². The summed E-state index contributed by atoms with van der Waals surface area (Å²) in [4.78, 5) is 0. The molecular formula is C17H26N2O2. The summed E-state index contributed by atoms with van der Waals surface area (Å²) in [5, 5.41) is 17.2. The first kappa shape index (κ1) is 14.5. The molecule has 1 saturated heterocycles. The molecular weight excluding hydrogens is 264 g/mol. The predicted molar refractivity (Wildman–Crippen MR) is 85.1 cm³/mol. The van der Waals surface area contributed by atoms with Crippen molar-refractivity contribution in [3.05, 3.63) is 18.2 Å². The second-order valence-corrected chi connectivity index (χ2v) is 6.29. The van der Waals surface area contributed by atoms with Crippen LogP contribution in [-0.4, -0.2) is 30.8 Å². The quantitative estimate of drug-likeness (QED) is 0.797. The molecule has 2 fully saturated rings. The van der Waals surface area contributed by atoms with Crippen molar-refractivity contribution in [2.45, 2.75) is 50.6 Å². The second kappa shape index (κ2) is 6.56. The molecule has 3 rings (SSSR count). The highest BCUT2D eigenvalue weighted by Crippen LogP contribution is 2.34. The van der Waals surface area contributed by atoms with Gasteiger partial charge in [-0.3, -0.25) is 0 Å². The first-order chi connectivity index (χ1) is 10.3. The summed E-state index contributed by atoms with van der Waals surface area (Å²) in [6, 6.07) is 6.75. The molecule has 1 aliphatic carbocycles. The lowest BCUT2D eigenvalue weighted by Gasteiger charge is -2.36. The van der Waals surface area contributed by atoms with Gasteiger partial charge in [-0.25, -0.2) is 0 Å². The van der Waals surface area contributed by atoms with Crippen molar-refractivity contribution in [3.8, 4) is 11.5 Å². The Kier molecular flexibility index (Phi) is 4.54. The SMILES string of the molecule is COc1ccc(NC2CCCCC2C2CCCN2)cc1O. The van der Waals surface area contributed by atoms with Crippen molar-refractivity contribution in [3.63, 3.8) is 0 Å². The van der Waals surface area contributed by atoms with Gasteiger partial charge in [0.25, 0.3) is 0 Å². The number of phenols is 1. The lowest BCUT2D eigenvalue weighted by Crippen LogP contribution is -2.43. The molecule has 1 aromatic rings. The molecule has 2 aliphatic rings. The topological polar surface area (TPSA) is 53.5 Å². The lowest BCUT2D eigenvalue weighted by atomic mass is 9.79. The maximum atomic E-state index is 9.92. The Hall–Kier alpha value is -1.42. The zero-order valence-corrected chi connectivity index (χ0v) is 12.8. The summed E-state index contributed by atoms with van der Waals surface area (Å²) in [5.74, 6) is 1.43. The van der Waals surface area contributed by atoms with Gasteiger partial charge in [0.15, 0.2) is 11.5 Å². The van der Waals surface area contributed by atoms with Gasteiger partial charge in [-0.15, -0.1) is 0 Å². The summed E-state index contributed by atoms with van der Waals surface area (Å²) >= 11 is 0. The second-order valence-electron chi connectivity index (χ2n) is 6.29. The molecule has 0 bridgehead atoms. The molecule has 116 valence electrons. The van der Waals surface area contributed by atoms with Crippen LogP contribution in [0, 0.1) is 5.92 Å². The Balaban J connectivity index is 1.70. The van der Waals surface area contributed by atoms with E-state index in [1.165, 1.54) is 38.5 Å². The van der Waals surface area contributed by atoms with E-state index in [2.05, 4.69) is 10.6 Å². The van der Waals surface area contributed by atoms with Crippen LogP contribution < -0.4 is 15.4 Å². The normalized spacial score (nSPS) is 29.3. The minimum absolute atomic E-state index is 0.203. The molecule has 1 aromatic carbocycles. The van der Waals surface area contributed by atoms with Gasteiger partial charge in [-0.1, -0.05) is 12.8 Å². The Morgan fingerprint density at radius 3 is 2.76 bits per heavy atom. The van der Waals surface area contributed by atoms with Crippen molar-refractivity contribution >= 4 is 5.69 Å². The minimum atomic E-state index is 0.203. The van der Waals surface area contributed by atoms with E-state index in [0.717, 1.165) is 12.2 Å². The molecule has 4 heteroatoms. The highest BCUT2D eigenvalue weighted by molar-refractivity contribution is 5.54. The summed E-state index contributed by atoms with van der Waals surface area (Å²) in [7, 11) is 1.57. The summed E-state index contributed by atoms with van der Waals surface area (Å²) < 4.78 is 5.10. The van der Waals surface area contributed by atoms with Gasteiger partial charge in [-0.05, 0) is 50.3 Å².